The van der Waals surface area contributed by atoms with E-state index in [0.29, 0.717) is 5.92 Å². The molecule has 1 heterocycles. The first-order chi connectivity index (χ1) is 10.3. The summed E-state index contributed by atoms with van der Waals surface area (Å²) in [5, 5.41) is 0. The highest BCUT2D eigenvalue weighted by Gasteiger charge is 2.43. The minimum Gasteiger partial charge on any atom is -0.467 e. The smallest absolute Gasteiger partial charge is 0.328 e. The van der Waals surface area contributed by atoms with Gasteiger partial charge >= 0.3 is 5.97 Å². The van der Waals surface area contributed by atoms with E-state index in [0.717, 1.165) is 19.3 Å². The third-order valence-corrected chi connectivity index (χ3v) is 4.85. The zero-order valence-electron chi connectivity index (χ0n) is 14.8. The van der Waals surface area contributed by atoms with Gasteiger partial charge in [-0.25, -0.2) is 4.79 Å². The molecule has 0 unspecified atom stereocenters. The molecule has 3 heteroatoms. The van der Waals surface area contributed by atoms with Gasteiger partial charge in [-0.05, 0) is 50.7 Å². The first kappa shape index (κ1) is 16.9. The molecular formula is C19H29NO2. The zero-order valence-corrected chi connectivity index (χ0v) is 14.8. The average Bonchev–Trinajstić information content (AvgIpc) is 2.45. The maximum absolute atomic E-state index is 12.4. The molecule has 0 spiro atoms. The maximum Gasteiger partial charge on any atom is 0.328 e. The maximum atomic E-state index is 12.4. The van der Waals surface area contributed by atoms with Crippen molar-refractivity contribution < 1.29 is 9.53 Å². The fourth-order valence-electron chi connectivity index (χ4n) is 4.01. The lowest BCUT2D eigenvalue weighted by Crippen LogP contribution is -2.56. The molecule has 1 aliphatic rings. The first-order valence-electron chi connectivity index (χ1n) is 8.30. The molecule has 0 bridgehead atoms. The molecule has 3 nitrogen and oxygen atoms in total. The van der Waals surface area contributed by atoms with E-state index >= 15 is 0 Å². The van der Waals surface area contributed by atoms with Crippen LogP contribution in [0.5, 0.6) is 0 Å². The van der Waals surface area contributed by atoms with Crippen molar-refractivity contribution in [1.82, 2.24) is 0 Å². The Labute approximate surface area is 134 Å². The number of rotatable bonds is 4. The molecule has 2 atom stereocenters. The van der Waals surface area contributed by atoms with Crippen molar-refractivity contribution in [2.75, 3.05) is 12.0 Å². The van der Waals surface area contributed by atoms with Crippen LogP contribution in [0.1, 0.15) is 64.0 Å². The standard InChI is InChI=1S/C19H29NO2/c1-7-9-16(18(21)22-6)20-17-13(2)10-8-11-15(17)14(3)12-19(20,4)5/h8,10-11,14,16H,7,9,12H2,1-6H3/t14-,16+/m0/s1. The highest BCUT2D eigenvalue weighted by atomic mass is 16.5. The third-order valence-electron chi connectivity index (χ3n) is 4.85. The van der Waals surface area contributed by atoms with Crippen LogP contribution in [-0.2, 0) is 9.53 Å². The summed E-state index contributed by atoms with van der Waals surface area (Å²) in [5.74, 6) is 0.375. The summed E-state index contributed by atoms with van der Waals surface area (Å²) in [5.41, 5.74) is 3.76. The van der Waals surface area contributed by atoms with E-state index in [1.165, 1.54) is 23.9 Å². The van der Waals surface area contributed by atoms with Crippen molar-refractivity contribution in [1.29, 1.82) is 0 Å². The van der Waals surface area contributed by atoms with Gasteiger partial charge in [-0.1, -0.05) is 38.5 Å². The Bertz CT molecular complexity index is 550. The predicted octanol–water partition coefficient (Wildman–Crippen LogP) is 4.43. The van der Waals surface area contributed by atoms with Crippen LogP contribution in [0.2, 0.25) is 0 Å². The number of benzene rings is 1. The van der Waals surface area contributed by atoms with Crippen LogP contribution in [0.4, 0.5) is 5.69 Å². The van der Waals surface area contributed by atoms with Crippen molar-refractivity contribution in [2.45, 2.75) is 71.4 Å². The van der Waals surface area contributed by atoms with Gasteiger partial charge in [0.15, 0.2) is 0 Å². The summed E-state index contributed by atoms with van der Waals surface area (Å²) < 4.78 is 5.11. The number of aryl methyl sites for hydroxylation is 1. The van der Waals surface area contributed by atoms with Crippen LogP contribution in [0.15, 0.2) is 18.2 Å². The number of nitrogens with zero attached hydrogens (tertiary/aromatic N) is 1. The molecule has 0 fully saturated rings. The Morgan fingerprint density at radius 3 is 2.73 bits per heavy atom. The van der Waals surface area contributed by atoms with E-state index in [2.05, 4.69) is 57.7 Å². The molecule has 1 aliphatic heterocycles. The van der Waals surface area contributed by atoms with Crippen LogP contribution < -0.4 is 4.90 Å². The molecule has 122 valence electrons. The van der Waals surface area contributed by atoms with E-state index < -0.39 is 0 Å². The third kappa shape index (κ3) is 2.86. The lowest BCUT2D eigenvalue weighted by atomic mass is 9.78. The monoisotopic (exact) mass is 303 g/mol. The molecule has 0 saturated heterocycles. The van der Waals surface area contributed by atoms with Crippen LogP contribution >= 0.6 is 0 Å². The zero-order chi connectivity index (χ0) is 16.5. The Morgan fingerprint density at radius 2 is 2.14 bits per heavy atom. The molecule has 22 heavy (non-hydrogen) atoms. The summed E-state index contributed by atoms with van der Waals surface area (Å²) in [4.78, 5) is 14.8. The van der Waals surface area contributed by atoms with Gasteiger partial charge in [0.25, 0.3) is 0 Å². The van der Waals surface area contributed by atoms with E-state index in [1.807, 2.05) is 0 Å². The summed E-state index contributed by atoms with van der Waals surface area (Å²) in [6.07, 6.45) is 2.82. The Balaban J connectivity index is 2.61. The van der Waals surface area contributed by atoms with Gasteiger partial charge < -0.3 is 9.64 Å². The lowest BCUT2D eigenvalue weighted by Gasteiger charge is -2.51. The number of esters is 1. The topological polar surface area (TPSA) is 29.5 Å². The van der Waals surface area contributed by atoms with Crippen molar-refractivity contribution >= 4 is 11.7 Å². The lowest BCUT2D eigenvalue weighted by molar-refractivity contribution is -0.142. The highest BCUT2D eigenvalue weighted by molar-refractivity contribution is 5.82. The Morgan fingerprint density at radius 1 is 1.45 bits per heavy atom. The minimum absolute atomic E-state index is 0.0629. The van der Waals surface area contributed by atoms with Crippen molar-refractivity contribution in [2.24, 2.45) is 0 Å². The molecule has 0 saturated carbocycles. The molecule has 1 aromatic carbocycles. The summed E-state index contributed by atoms with van der Waals surface area (Å²) in [6.45, 7) is 11.0. The summed E-state index contributed by atoms with van der Waals surface area (Å²) in [7, 11) is 1.49. The van der Waals surface area contributed by atoms with E-state index in [4.69, 9.17) is 4.74 Å². The number of carbonyl (C=O) groups is 1. The summed E-state index contributed by atoms with van der Waals surface area (Å²) >= 11 is 0. The van der Waals surface area contributed by atoms with E-state index in [1.54, 1.807) is 0 Å². The fourth-order valence-corrected chi connectivity index (χ4v) is 4.01. The van der Waals surface area contributed by atoms with Gasteiger partial charge in [-0.15, -0.1) is 0 Å². The number of hydrogen-bond donors (Lipinski definition) is 0. The SMILES string of the molecule is CCC[C@H](C(=O)OC)N1c2c(C)cccc2[C@@H](C)CC1(C)C. The van der Waals surface area contributed by atoms with Crippen LogP contribution in [0, 0.1) is 6.92 Å². The molecule has 0 aromatic heterocycles. The van der Waals surface area contributed by atoms with E-state index in [-0.39, 0.29) is 17.6 Å². The second-order valence-electron chi connectivity index (χ2n) is 7.13. The highest BCUT2D eigenvalue weighted by Crippen LogP contribution is 2.46. The van der Waals surface area contributed by atoms with Crippen molar-refractivity contribution in [3.8, 4) is 0 Å². The van der Waals surface area contributed by atoms with Gasteiger partial charge in [0.2, 0.25) is 0 Å². The van der Waals surface area contributed by atoms with Crippen LogP contribution in [0.3, 0.4) is 0 Å². The van der Waals surface area contributed by atoms with Gasteiger partial charge in [0, 0.05) is 11.2 Å². The predicted molar refractivity (Wildman–Crippen MR) is 91.5 cm³/mol. The fraction of sp³-hybridized carbons (Fsp3) is 0.632. The van der Waals surface area contributed by atoms with E-state index in [9.17, 15) is 4.79 Å². The second-order valence-corrected chi connectivity index (χ2v) is 7.13. The number of para-hydroxylation sites is 1. The largest absolute Gasteiger partial charge is 0.467 e. The van der Waals surface area contributed by atoms with Crippen LogP contribution in [0.25, 0.3) is 0 Å². The van der Waals surface area contributed by atoms with Crippen molar-refractivity contribution in [3.63, 3.8) is 0 Å². The van der Waals surface area contributed by atoms with Gasteiger partial charge in [-0.2, -0.15) is 0 Å². The number of methoxy groups -OCH3 is 1. The number of carbonyl (C=O) groups excluding carboxylic acids is 1. The number of anilines is 1. The van der Waals surface area contributed by atoms with Gasteiger partial charge in [0.05, 0.1) is 7.11 Å². The Kier molecular flexibility index (Phi) is 4.84. The number of ether oxygens (including phenoxy) is 1. The second kappa shape index (κ2) is 6.31. The first-order valence-corrected chi connectivity index (χ1v) is 8.30. The molecule has 0 radical (unpaired) electrons. The van der Waals surface area contributed by atoms with Gasteiger partial charge in [0.1, 0.15) is 6.04 Å². The summed E-state index contributed by atoms with van der Waals surface area (Å²) in [6, 6.07) is 6.25. The van der Waals surface area contributed by atoms with Gasteiger partial charge in [-0.3, -0.25) is 0 Å². The molecule has 0 N–H and O–H groups in total. The Hall–Kier alpha value is -1.51. The minimum atomic E-state index is -0.211. The average molecular weight is 303 g/mol. The number of hydrogen-bond acceptors (Lipinski definition) is 3. The molecule has 2 rings (SSSR count). The van der Waals surface area contributed by atoms with Crippen LogP contribution in [-0.4, -0.2) is 24.7 Å². The quantitative estimate of drug-likeness (QED) is 0.771. The molecular weight excluding hydrogens is 274 g/mol. The van der Waals surface area contributed by atoms with Crippen molar-refractivity contribution in [3.05, 3.63) is 29.3 Å². The molecule has 0 amide bonds. The normalized spacial score (nSPS) is 21.2. The molecule has 0 aliphatic carbocycles. The molecule has 1 aromatic rings. The number of fused-ring (bicyclic) bond motifs is 1.